The maximum Gasteiger partial charge on any atom is 0.220 e. The quantitative estimate of drug-likeness (QED) is 0.477. The SMILES string of the molecule is CC1(CO)C(O)CCC2(C)C(CC(=O)NCc3ccccc3)c3nc(-c4cccnc4)sc3CC12. The number of pyridine rings is 1. The molecule has 0 aliphatic heterocycles. The molecule has 6 nitrogen and oxygen atoms in total. The van der Waals surface area contributed by atoms with Crippen LogP contribution >= 0.6 is 11.3 Å². The summed E-state index contributed by atoms with van der Waals surface area (Å²) in [6, 6.07) is 13.8. The zero-order chi connectivity index (χ0) is 24.6. The molecule has 5 unspecified atom stereocenters. The monoisotopic (exact) mass is 491 g/mol. The molecule has 3 N–H and O–H groups in total. The van der Waals surface area contributed by atoms with Crippen molar-refractivity contribution in [2.75, 3.05) is 6.61 Å². The number of aliphatic hydroxyl groups excluding tert-OH is 2. The Labute approximate surface area is 210 Å². The fourth-order valence-electron chi connectivity index (χ4n) is 6.31. The molecule has 2 heterocycles. The molecular weight excluding hydrogens is 458 g/mol. The van der Waals surface area contributed by atoms with Crippen LogP contribution in [0.25, 0.3) is 10.6 Å². The van der Waals surface area contributed by atoms with Crippen LogP contribution in [0.4, 0.5) is 0 Å². The molecule has 0 radical (unpaired) electrons. The standard InChI is InChI=1S/C28H33N3O3S/c1-27-11-10-23(33)28(2,17-32)22(27)14-21-25(31-26(35-21)19-9-6-12-29-16-19)20(27)13-24(34)30-15-18-7-4-3-5-8-18/h3-9,12,16,20,22-23,32-33H,10-11,13-15,17H2,1-2H3,(H,30,34). The van der Waals surface area contributed by atoms with E-state index in [9.17, 15) is 15.0 Å². The van der Waals surface area contributed by atoms with Crippen molar-refractivity contribution in [3.05, 3.63) is 71.0 Å². The third-order valence-corrected chi connectivity index (χ3v) is 9.67. The Bertz CT molecular complexity index is 1180. The summed E-state index contributed by atoms with van der Waals surface area (Å²) in [6.45, 7) is 4.65. The van der Waals surface area contributed by atoms with Crippen molar-refractivity contribution in [2.45, 2.75) is 58.1 Å². The Kier molecular flexibility index (Phi) is 6.51. The number of rotatable bonds is 6. The van der Waals surface area contributed by atoms with Crippen LogP contribution in [0.15, 0.2) is 54.9 Å². The summed E-state index contributed by atoms with van der Waals surface area (Å²) in [5, 5.41) is 25.4. The molecule has 1 amide bonds. The maximum atomic E-state index is 13.2. The molecule has 1 saturated carbocycles. The fraction of sp³-hybridized carbons (Fsp3) is 0.464. The highest BCUT2D eigenvalue weighted by Gasteiger charge is 2.59. The van der Waals surface area contributed by atoms with Crippen molar-refractivity contribution in [3.63, 3.8) is 0 Å². The lowest BCUT2D eigenvalue weighted by Gasteiger charge is -2.58. The van der Waals surface area contributed by atoms with E-state index in [0.717, 1.165) is 39.5 Å². The first-order chi connectivity index (χ1) is 16.8. The number of nitrogens with one attached hydrogen (secondary N) is 1. The second kappa shape index (κ2) is 9.45. The molecule has 1 aromatic carbocycles. The van der Waals surface area contributed by atoms with Gasteiger partial charge in [0.15, 0.2) is 0 Å². The van der Waals surface area contributed by atoms with Gasteiger partial charge < -0.3 is 15.5 Å². The fourth-order valence-corrected chi connectivity index (χ4v) is 7.47. The van der Waals surface area contributed by atoms with Crippen LogP contribution < -0.4 is 5.32 Å². The van der Waals surface area contributed by atoms with Crippen LogP contribution in [0.5, 0.6) is 0 Å². The van der Waals surface area contributed by atoms with E-state index in [1.807, 2.05) is 55.6 Å². The van der Waals surface area contributed by atoms with Crippen LogP contribution in [0.2, 0.25) is 0 Å². The van der Waals surface area contributed by atoms with Crippen LogP contribution in [-0.2, 0) is 17.8 Å². The minimum Gasteiger partial charge on any atom is -0.396 e. The second-order valence-electron chi connectivity index (χ2n) is 10.6. The van der Waals surface area contributed by atoms with Crippen molar-refractivity contribution in [1.29, 1.82) is 0 Å². The number of aliphatic hydroxyl groups is 2. The second-order valence-corrected chi connectivity index (χ2v) is 11.7. The van der Waals surface area contributed by atoms with Gasteiger partial charge in [0.1, 0.15) is 5.01 Å². The molecule has 0 saturated heterocycles. The predicted octanol–water partition coefficient (Wildman–Crippen LogP) is 4.33. The Morgan fingerprint density at radius 2 is 2.00 bits per heavy atom. The van der Waals surface area contributed by atoms with E-state index < -0.39 is 11.5 Å². The Morgan fingerprint density at radius 1 is 1.20 bits per heavy atom. The zero-order valence-corrected chi connectivity index (χ0v) is 21.1. The lowest BCUT2D eigenvalue weighted by Crippen LogP contribution is -2.57. The Morgan fingerprint density at radius 3 is 2.71 bits per heavy atom. The summed E-state index contributed by atoms with van der Waals surface area (Å²) in [6.07, 6.45) is 5.50. The molecule has 5 rings (SSSR count). The summed E-state index contributed by atoms with van der Waals surface area (Å²) in [4.78, 5) is 23.7. The van der Waals surface area contributed by atoms with E-state index in [1.54, 1.807) is 17.5 Å². The van der Waals surface area contributed by atoms with Crippen LogP contribution in [-0.4, -0.2) is 38.8 Å². The van der Waals surface area contributed by atoms with Crippen LogP contribution in [0, 0.1) is 16.7 Å². The third-order valence-electron chi connectivity index (χ3n) is 8.52. The molecule has 2 aromatic heterocycles. The Balaban J connectivity index is 1.50. The number of carbonyl (C=O) groups excluding carboxylic acids is 1. The van der Waals surface area contributed by atoms with E-state index in [-0.39, 0.29) is 29.8 Å². The van der Waals surface area contributed by atoms with E-state index in [1.165, 1.54) is 0 Å². The summed E-state index contributed by atoms with van der Waals surface area (Å²) >= 11 is 1.65. The van der Waals surface area contributed by atoms with Gasteiger partial charge in [0.25, 0.3) is 0 Å². The van der Waals surface area contributed by atoms with Crippen molar-refractivity contribution >= 4 is 17.2 Å². The first-order valence-electron chi connectivity index (χ1n) is 12.3. The summed E-state index contributed by atoms with van der Waals surface area (Å²) in [7, 11) is 0. The minimum atomic E-state index is -0.623. The normalized spacial score (nSPS) is 29.8. The number of thiazole rings is 1. The summed E-state index contributed by atoms with van der Waals surface area (Å²) in [5.74, 6) is -0.0446. The molecule has 3 aromatic rings. The molecule has 2 aliphatic rings. The summed E-state index contributed by atoms with van der Waals surface area (Å²) < 4.78 is 0. The number of hydrogen-bond acceptors (Lipinski definition) is 6. The van der Waals surface area contributed by atoms with Crippen LogP contribution in [0.3, 0.4) is 0 Å². The Hall–Kier alpha value is -2.61. The van der Waals surface area contributed by atoms with Gasteiger partial charge in [-0.2, -0.15) is 0 Å². The van der Waals surface area contributed by atoms with E-state index in [0.29, 0.717) is 19.4 Å². The topological polar surface area (TPSA) is 95.3 Å². The maximum absolute atomic E-state index is 13.2. The van der Waals surface area contributed by atoms with Crippen molar-refractivity contribution in [1.82, 2.24) is 15.3 Å². The highest BCUT2D eigenvalue weighted by Crippen LogP contribution is 2.62. The van der Waals surface area contributed by atoms with Gasteiger partial charge in [-0.3, -0.25) is 9.78 Å². The van der Waals surface area contributed by atoms with Crippen molar-refractivity contribution in [2.24, 2.45) is 16.7 Å². The number of nitrogens with zero attached hydrogens (tertiary/aromatic N) is 2. The number of benzene rings is 1. The number of aromatic nitrogens is 2. The molecule has 7 heteroatoms. The van der Waals surface area contributed by atoms with Gasteiger partial charge in [-0.15, -0.1) is 11.3 Å². The molecule has 2 aliphatic carbocycles. The number of amides is 1. The molecule has 0 bridgehead atoms. The van der Waals surface area contributed by atoms with Gasteiger partial charge in [-0.1, -0.05) is 44.2 Å². The third kappa shape index (κ3) is 4.30. The minimum absolute atomic E-state index is 0.000528. The highest BCUT2D eigenvalue weighted by atomic mass is 32.1. The summed E-state index contributed by atoms with van der Waals surface area (Å²) in [5.41, 5.74) is 2.16. The van der Waals surface area contributed by atoms with Gasteiger partial charge in [-0.25, -0.2) is 4.98 Å². The van der Waals surface area contributed by atoms with Gasteiger partial charge in [0.05, 0.1) is 18.4 Å². The van der Waals surface area contributed by atoms with E-state index >= 15 is 0 Å². The molecule has 5 atom stereocenters. The average Bonchev–Trinajstić information content (AvgIpc) is 3.31. The van der Waals surface area contributed by atoms with Gasteiger partial charge in [-0.05, 0) is 48.3 Å². The molecular formula is C28H33N3O3S. The van der Waals surface area contributed by atoms with Gasteiger partial charge >= 0.3 is 0 Å². The zero-order valence-electron chi connectivity index (χ0n) is 20.3. The number of carbonyl (C=O) groups is 1. The van der Waals surface area contributed by atoms with Gasteiger partial charge in [0.2, 0.25) is 5.91 Å². The molecule has 0 spiro atoms. The van der Waals surface area contributed by atoms with E-state index in [2.05, 4.69) is 17.2 Å². The largest absolute Gasteiger partial charge is 0.396 e. The van der Waals surface area contributed by atoms with Crippen molar-refractivity contribution < 1.29 is 15.0 Å². The predicted molar refractivity (Wildman–Crippen MR) is 137 cm³/mol. The number of hydrogen-bond donors (Lipinski definition) is 3. The van der Waals surface area contributed by atoms with E-state index in [4.69, 9.17) is 4.98 Å². The first kappa shape index (κ1) is 24.1. The molecule has 184 valence electrons. The van der Waals surface area contributed by atoms with Crippen LogP contribution in [0.1, 0.15) is 55.2 Å². The van der Waals surface area contributed by atoms with Crippen molar-refractivity contribution in [3.8, 4) is 10.6 Å². The average molecular weight is 492 g/mol. The number of fused-ring (bicyclic) bond motifs is 2. The highest BCUT2D eigenvalue weighted by molar-refractivity contribution is 7.15. The lowest BCUT2D eigenvalue weighted by molar-refractivity contribution is -0.144. The van der Waals surface area contributed by atoms with Gasteiger partial charge in [0, 0.05) is 47.1 Å². The smallest absolute Gasteiger partial charge is 0.220 e. The lowest BCUT2D eigenvalue weighted by atomic mass is 9.47. The molecule has 1 fully saturated rings. The first-order valence-corrected chi connectivity index (χ1v) is 13.2. The molecule has 35 heavy (non-hydrogen) atoms.